The number of ether oxygens (including phenoxy) is 1. The molecule has 2 aromatic heterocycles. The van der Waals surface area contributed by atoms with Crippen LogP contribution < -0.4 is 16.0 Å². The zero-order valence-corrected chi connectivity index (χ0v) is 19.8. The fraction of sp³-hybridized carbons (Fsp3) is 0.185. The number of carbonyl (C=O) groups is 1. The fourth-order valence-electron chi connectivity index (χ4n) is 3.40. The number of anilines is 5. The van der Waals surface area contributed by atoms with Gasteiger partial charge in [0, 0.05) is 11.9 Å². The van der Waals surface area contributed by atoms with Crippen molar-refractivity contribution in [2.45, 2.75) is 20.4 Å². The number of nitrogen functional groups attached to an aromatic ring is 1. The van der Waals surface area contributed by atoms with Crippen LogP contribution in [0.15, 0.2) is 85.3 Å². The Morgan fingerprint density at radius 3 is 2.40 bits per heavy atom. The van der Waals surface area contributed by atoms with Gasteiger partial charge in [-0.15, -0.1) is 0 Å². The van der Waals surface area contributed by atoms with E-state index < -0.39 is 0 Å². The number of pyridine rings is 1. The summed E-state index contributed by atoms with van der Waals surface area (Å²) in [7, 11) is 0. The molecule has 0 atom stereocenters. The van der Waals surface area contributed by atoms with Gasteiger partial charge < -0.3 is 20.7 Å². The van der Waals surface area contributed by atoms with Crippen LogP contribution in [-0.4, -0.2) is 27.5 Å². The lowest BCUT2D eigenvalue weighted by Gasteiger charge is -2.25. The number of nitrogens with zero attached hydrogens (tertiary/aromatic N) is 4. The molecule has 4 rings (SSSR count). The molecule has 8 heteroatoms. The summed E-state index contributed by atoms with van der Waals surface area (Å²) in [5.41, 5.74) is 9.22. The molecular weight excluding hydrogens is 440 g/mol. The first-order valence-electron chi connectivity index (χ1n) is 11.4. The SMILES string of the molecule is CC(C)COC(=O)c1ccc(Nc2ncnc(N(Cc3ccccc3)c3ccccn3)c2N)cc1. The van der Waals surface area contributed by atoms with Crippen molar-refractivity contribution < 1.29 is 9.53 Å². The molecule has 0 aliphatic rings. The zero-order chi connectivity index (χ0) is 24.6. The molecule has 2 heterocycles. The van der Waals surface area contributed by atoms with E-state index in [2.05, 4.69) is 20.3 Å². The van der Waals surface area contributed by atoms with Crippen LogP contribution in [0.5, 0.6) is 0 Å². The van der Waals surface area contributed by atoms with Gasteiger partial charge in [0.05, 0.1) is 18.7 Å². The van der Waals surface area contributed by atoms with Crippen molar-refractivity contribution in [3.63, 3.8) is 0 Å². The quantitative estimate of drug-likeness (QED) is 0.317. The molecule has 0 aliphatic heterocycles. The fourth-order valence-corrected chi connectivity index (χ4v) is 3.40. The number of carbonyl (C=O) groups excluding carboxylic acids is 1. The second-order valence-corrected chi connectivity index (χ2v) is 8.41. The Balaban J connectivity index is 1.58. The summed E-state index contributed by atoms with van der Waals surface area (Å²) >= 11 is 0. The van der Waals surface area contributed by atoms with Gasteiger partial charge in [-0.2, -0.15) is 0 Å². The molecule has 0 amide bonds. The third kappa shape index (κ3) is 6.11. The summed E-state index contributed by atoms with van der Waals surface area (Å²) in [6, 6.07) is 22.7. The maximum Gasteiger partial charge on any atom is 0.338 e. The highest BCUT2D eigenvalue weighted by Crippen LogP contribution is 2.33. The first-order valence-corrected chi connectivity index (χ1v) is 11.4. The molecule has 178 valence electrons. The van der Waals surface area contributed by atoms with Gasteiger partial charge in [0.15, 0.2) is 11.6 Å². The molecule has 0 bridgehead atoms. The van der Waals surface area contributed by atoms with E-state index in [-0.39, 0.29) is 11.9 Å². The van der Waals surface area contributed by atoms with E-state index in [1.165, 1.54) is 6.33 Å². The predicted octanol–water partition coefficient (Wildman–Crippen LogP) is 5.35. The van der Waals surface area contributed by atoms with Gasteiger partial charge in [0.2, 0.25) is 0 Å². The second-order valence-electron chi connectivity index (χ2n) is 8.41. The van der Waals surface area contributed by atoms with Crippen molar-refractivity contribution in [2.24, 2.45) is 5.92 Å². The van der Waals surface area contributed by atoms with Crippen LogP contribution in [-0.2, 0) is 11.3 Å². The summed E-state index contributed by atoms with van der Waals surface area (Å²) in [4.78, 5) is 27.4. The molecule has 4 aromatic rings. The maximum atomic E-state index is 12.2. The van der Waals surface area contributed by atoms with E-state index in [1.54, 1.807) is 30.5 Å². The Morgan fingerprint density at radius 1 is 0.971 bits per heavy atom. The monoisotopic (exact) mass is 468 g/mol. The van der Waals surface area contributed by atoms with Gasteiger partial charge >= 0.3 is 5.97 Å². The highest BCUT2D eigenvalue weighted by molar-refractivity contribution is 5.90. The van der Waals surface area contributed by atoms with E-state index >= 15 is 0 Å². The summed E-state index contributed by atoms with van der Waals surface area (Å²) < 4.78 is 5.29. The van der Waals surface area contributed by atoms with Crippen LogP contribution in [0, 0.1) is 5.92 Å². The van der Waals surface area contributed by atoms with Crippen molar-refractivity contribution in [1.82, 2.24) is 15.0 Å². The van der Waals surface area contributed by atoms with E-state index in [0.29, 0.717) is 36.0 Å². The second kappa shape index (κ2) is 11.1. The number of aromatic nitrogens is 3. The van der Waals surface area contributed by atoms with Gasteiger partial charge in [0.1, 0.15) is 17.8 Å². The minimum absolute atomic E-state index is 0.280. The third-order valence-corrected chi connectivity index (χ3v) is 5.16. The van der Waals surface area contributed by atoms with Gasteiger partial charge in [0.25, 0.3) is 0 Å². The summed E-state index contributed by atoms with van der Waals surface area (Å²) in [5, 5.41) is 3.22. The lowest BCUT2D eigenvalue weighted by molar-refractivity contribution is 0.0459. The molecule has 0 spiro atoms. The lowest BCUT2D eigenvalue weighted by atomic mass is 10.2. The largest absolute Gasteiger partial charge is 0.462 e. The Kier molecular flexibility index (Phi) is 7.52. The number of hydrogen-bond donors (Lipinski definition) is 2. The van der Waals surface area contributed by atoms with E-state index in [0.717, 1.165) is 17.1 Å². The van der Waals surface area contributed by atoms with Crippen LogP contribution in [0.25, 0.3) is 0 Å². The lowest BCUT2D eigenvalue weighted by Crippen LogP contribution is -2.21. The Bertz CT molecular complexity index is 1250. The molecule has 2 aromatic carbocycles. The Labute approximate surface area is 204 Å². The van der Waals surface area contributed by atoms with Crippen LogP contribution in [0.2, 0.25) is 0 Å². The molecule has 0 fully saturated rings. The summed E-state index contributed by atoms with van der Waals surface area (Å²) in [6.45, 7) is 4.91. The van der Waals surface area contributed by atoms with Crippen molar-refractivity contribution >= 4 is 34.8 Å². The van der Waals surface area contributed by atoms with Crippen molar-refractivity contribution in [3.8, 4) is 0 Å². The Hall–Kier alpha value is -4.46. The minimum Gasteiger partial charge on any atom is -0.462 e. The molecule has 35 heavy (non-hydrogen) atoms. The minimum atomic E-state index is -0.346. The molecule has 8 nitrogen and oxygen atoms in total. The molecule has 0 aliphatic carbocycles. The first kappa shape index (κ1) is 23.7. The van der Waals surface area contributed by atoms with Gasteiger partial charge in [-0.25, -0.2) is 19.7 Å². The molecule has 0 saturated carbocycles. The van der Waals surface area contributed by atoms with Crippen LogP contribution in [0.1, 0.15) is 29.8 Å². The van der Waals surface area contributed by atoms with Crippen LogP contribution in [0.3, 0.4) is 0 Å². The third-order valence-electron chi connectivity index (χ3n) is 5.16. The van der Waals surface area contributed by atoms with E-state index in [9.17, 15) is 4.79 Å². The maximum absolute atomic E-state index is 12.2. The van der Waals surface area contributed by atoms with Crippen LogP contribution >= 0.6 is 0 Å². The van der Waals surface area contributed by atoms with Crippen molar-refractivity contribution in [2.75, 3.05) is 22.6 Å². The number of esters is 1. The number of nitrogens with two attached hydrogens (primary N) is 1. The molecule has 0 saturated heterocycles. The highest BCUT2D eigenvalue weighted by atomic mass is 16.5. The van der Waals surface area contributed by atoms with Crippen LogP contribution in [0.4, 0.5) is 28.8 Å². The average Bonchev–Trinajstić information content (AvgIpc) is 2.89. The number of benzene rings is 2. The zero-order valence-electron chi connectivity index (χ0n) is 19.8. The molecule has 0 unspecified atom stereocenters. The summed E-state index contributed by atoms with van der Waals surface area (Å²) in [5.74, 6) is 1.65. The van der Waals surface area contributed by atoms with Gasteiger partial charge in [-0.1, -0.05) is 50.2 Å². The molecular formula is C27H28N6O2. The summed E-state index contributed by atoms with van der Waals surface area (Å²) in [6.07, 6.45) is 3.20. The van der Waals surface area contributed by atoms with E-state index in [1.807, 2.05) is 67.3 Å². The van der Waals surface area contributed by atoms with Crippen molar-refractivity contribution in [1.29, 1.82) is 0 Å². The Morgan fingerprint density at radius 2 is 1.71 bits per heavy atom. The predicted molar refractivity (Wildman–Crippen MR) is 138 cm³/mol. The molecule has 3 N–H and O–H groups in total. The highest BCUT2D eigenvalue weighted by Gasteiger charge is 2.19. The number of rotatable bonds is 9. The van der Waals surface area contributed by atoms with Gasteiger partial charge in [-0.05, 0) is 47.9 Å². The van der Waals surface area contributed by atoms with E-state index in [4.69, 9.17) is 10.5 Å². The van der Waals surface area contributed by atoms with Crippen molar-refractivity contribution in [3.05, 3.63) is 96.4 Å². The topological polar surface area (TPSA) is 106 Å². The standard InChI is InChI=1S/C27H28N6O2/c1-19(2)17-35-27(34)21-11-13-22(14-12-21)32-25-24(28)26(31-18-30-25)33(23-10-6-7-15-29-23)16-20-8-4-3-5-9-20/h3-15,18-19H,16-17,28H2,1-2H3,(H,30,31,32). The molecule has 0 radical (unpaired) electrons. The normalized spacial score (nSPS) is 10.7. The smallest absolute Gasteiger partial charge is 0.338 e. The first-order chi connectivity index (χ1) is 17.0. The van der Waals surface area contributed by atoms with Gasteiger partial charge in [-0.3, -0.25) is 0 Å². The number of nitrogens with one attached hydrogen (secondary N) is 1. The average molecular weight is 469 g/mol. The number of hydrogen-bond acceptors (Lipinski definition) is 8.